The zero-order valence-corrected chi connectivity index (χ0v) is 10.4. The Morgan fingerprint density at radius 1 is 1.61 bits per heavy atom. The van der Waals surface area contributed by atoms with E-state index in [0.29, 0.717) is 0 Å². The number of carboxylic acid groups (broad SMARTS) is 1. The predicted octanol–water partition coefficient (Wildman–Crippen LogP) is 1.98. The van der Waals surface area contributed by atoms with Crippen molar-refractivity contribution in [1.29, 1.82) is 0 Å². The summed E-state index contributed by atoms with van der Waals surface area (Å²) < 4.78 is 13.7. The molecule has 6 heteroatoms. The Morgan fingerprint density at radius 3 is 3.00 bits per heavy atom. The maximum Gasteiger partial charge on any atom is 0.335 e. The molecular formula is C12H14ClFN2O2. The lowest BCUT2D eigenvalue weighted by Crippen LogP contribution is -2.36. The molecular weight excluding hydrogens is 259 g/mol. The van der Waals surface area contributed by atoms with Crippen molar-refractivity contribution < 1.29 is 14.3 Å². The molecule has 18 heavy (non-hydrogen) atoms. The van der Waals surface area contributed by atoms with Crippen LogP contribution in [0, 0.1) is 5.82 Å². The van der Waals surface area contributed by atoms with Crippen LogP contribution in [0.1, 0.15) is 28.8 Å². The lowest BCUT2D eigenvalue weighted by molar-refractivity contribution is 0.0696. The molecule has 1 aliphatic rings. The average molecular weight is 273 g/mol. The second-order valence-corrected chi connectivity index (χ2v) is 4.67. The number of carboxylic acids is 1. The van der Waals surface area contributed by atoms with Gasteiger partial charge in [-0.15, -0.1) is 0 Å². The normalized spacial score (nSPS) is 19.1. The van der Waals surface area contributed by atoms with Crippen molar-refractivity contribution in [2.75, 3.05) is 6.54 Å². The molecule has 2 rings (SSSR count). The monoisotopic (exact) mass is 272 g/mol. The lowest BCUT2D eigenvalue weighted by atomic mass is 10.1. The van der Waals surface area contributed by atoms with E-state index in [1.54, 1.807) is 0 Å². The molecule has 0 saturated carbocycles. The number of carbonyl (C=O) groups is 1. The highest BCUT2D eigenvalue weighted by atomic mass is 35.5. The fraction of sp³-hybridized carbons (Fsp3) is 0.417. The molecule has 3 N–H and O–H groups in total. The Kier molecular flexibility index (Phi) is 4.16. The molecule has 1 heterocycles. The molecule has 0 bridgehead atoms. The number of hydrogen-bond donors (Lipinski definition) is 3. The Hall–Kier alpha value is -1.17. The number of benzene rings is 1. The van der Waals surface area contributed by atoms with E-state index >= 15 is 0 Å². The van der Waals surface area contributed by atoms with Crippen molar-refractivity contribution in [3.05, 3.63) is 34.1 Å². The topological polar surface area (TPSA) is 61.4 Å². The van der Waals surface area contributed by atoms with Gasteiger partial charge in [0.25, 0.3) is 0 Å². The van der Waals surface area contributed by atoms with Crippen molar-refractivity contribution >= 4 is 17.6 Å². The number of aromatic carboxylic acids is 1. The summed E-state index contributed by atoms with van der Waals surface area (Å²) in [5.74, 6) is -1.68. The Bertz CT molecular complexity index is 462. The molecule has 0 aromatic heterocycles. The molecule has 0 spiro atoms. The first-order valence-corrected chi connectivity index (χ1v) is 6.13. The third-order valence-electron chi connectivity index (χ3n) is 2.95. The first kappa shape index (κ1) is 13.3. The third-order valence-corrected chi connectivity index (χ3v) is 3.22. The summed E-state index contributed by atoms with van der Waals surface area (Å²) in [7, 11) is 0. The maximum absolute atomic E-state index is 13.7. The van der Waals surface area contributed by atoms with Crippen LogP contribution in [0.25, 0.3) is 0 Å². The largest absolute Gasteiger partial charge is 0.478 e. The molecule has 1 atom stereocenters. The van der Waals surface area contributed by atoms with Gasteiger partial charge in [-0.2, -0.15) is 0 Å². The molecule has 1 saturated heterocycles. The summed E-state index contributed by atoms with van der Waals surface area (Å²) in [6.07, 6.45) is 2.21. The van der Waals surface area contributed by atoms with Gasteiger partial charge >= 0.3 is 5.97 Å². The van der Waals surface area contributed by atoms with Gasteiger partial charge in [-0.25, -0.2) is 9.18 Å². The summed E-state index contributed by atoms with van der Waals surface area (Å²) in [4.78, 5) is 10.9. The second kappa shape index (κ2) is 5.65. The smallest absolute Gasteiger partial charge is 0.335 e. The van der Waals surface area contributed by atoms with E-state index in [2.05, 4.69) is 10.6 Å². The van der Waals surface area contributed by atoms with Gasteiger partial charge in [-0.3, -0.25) is 5.32 Å². The van der Waals surface area contributed by atoms with E-state index in [9.17, 15) is 9.18 Å². The minimum absolute atomic E-state index is 0.00224. The third kappa shape index (κ3) is 2.98. The molecule has 0 radical (unpaired) electrons. The predicted molar refractivity (Wildman–Crippen MR) is 66.2 cm³/mol. The molecule has 1 unspecified atom stereocenters. The van der Waals surface area contributed by atoms with Crippen LogP contribution in [0.3, 0.4) is 0 Å². The minimum atomic E-state index is -1.11. The van der Waals surface area contributed by atoms with Crippen molar-refractivity contribution in [1.82, 2.24) is 10.6 Å². The SMILES string of the molecule is O=C(O)c1cc(Cl)c(F)c(CNC2CCCN2)c1. The number of hydrogen-bond acceptors (Lipinski definition) is 3. The summed E-state index contributed by atoms with van der Waals surface area (Å²) in [6.45, 7) is 1.19. The summed E-state index contributed by atoms with van der Waals surface area (Å²) in [5.41, 5.74) is 0.270. The van der Waals surface area contributed by atoms with E-state index in [1.807, 2.05) is 0 Å². The van der Waals surface area contributed by atoms with E-state index in [4.69, 9.17) is 16.7 Å². The summed E-state index contributed by atoms with van der Waals surface area (Å²) in [5, 5.41) is 15.1. The van der Waals surface area contributed by atoms with Crippen LogP contribution < -0.4 is 10.6 Å². The second-order valence-electron chi connectivity index (χ2n) is 4.27. The highest BCUT2D eigenvalue weighted by Crippen LogP contribution is 2.21. The van der Waals surface area contributed by atoms with Crippen LogP contribution in [0.2, 0.25) is 5.02 Å². The number of halogens is 2. The molecule has 0 aliphatic carbocycles. The Balaban J connectivity index is 2.12. The minimum Gasteiger partial charge on any atom is -0.478 e. The van der Waals surface area contributed by atoms with Crippen molar-refractivity contribution in [3.8, 4) is 0 Å². The molecule has 98 valence electrons. The van der Waals surface area contributed by atoms with Gasteiger partial charge in [0.05, 0.1) is 16.8 Å². The fourth-order valence-electron chi connectivity index (χ4n) is 1.99. The molecule has 0 amide bonds. The van der Waals surface area contributed by atoms with E-state index in [-0.39, 0.29) is 28.9 Å². The highest BCUT2D eigenvalue weighted by Gasteiger charge is 2.16. The number of rotatable bonds is 4. The standard InChI is InChI=1S/C12H14ClFN2O2/c13-9-5-7(12(17)18)4-8(11(9)14)6-16-10-2-1-3-15-10/h4-5,10,15-16H,1-3,6H2,(H,17,18). The lowest BCUT2D eigenvalue weighted by Gasteiger charge is -2.13. The Morgan fingerprint density at radius 2 is 2.39 bits per heavy atom. The van der Waals surface area contributed by atoms with Gasteiger partial charge in [0.1, 0.15) is 5.82 Å². The summed E-state index contributed by atoms with van der Waals surface area (Å²) in [6, 6.07) is 2.43. The highest BCUT2D eigenvalue weighted by molar-refractivity contribution is 6.31. The molecule has 1 aliphatic heterocycles. The first-order chi connectivity index (χ1) is 8.58. The van der Waals surface area contributed by atoms with Gasteiger partial charge in [-0.1, -0.05) is 11.6 Å². The molecule has 1 aromatic rings. The zero-order chi connectivity index (χ0) is 13.1. The van der Waals surface area contributed by atoms with Crippen molar-refractivity contribution in [2.24, 2.45) is 0 Å². The van der Waals surface area contributed by atoms with Gasteiger partial charge in [-0.05, 0) is 31.5 Å². The van der Waals surface area contributed by atoms with E-state index < -0.39 is 11.8 Å². The maximum atomic E-state index is 13.7. The van der Waals surface area contributed by atoms with Crippen LogP contribution >= 0.6 is 11.6 Å². The van der Waals surface area contributed by atoms with Crippen LogP contribution in [0.5, 0.6) is 0 Å². The summed E-state index contributed by atoms with van der Waals surface area (Å²) >= 11 is 5.68. The van der Waals surface area contributed by atoms with Gasteiger partial charge in [0.15, 0.2) is 0 Å². The van der Waals surface area contributed by atoms with Crippen LogP contribution in [0.15, 0.2) is 12.1 Å². The molecule has 1 fully saturated rings. The van der Waals surface area contributed by atoms with Gasteiger partial charge < -0.3 is 10.4 Å². The van der Waals surface area contributed by atoms with Crippen LogP contribution in [0.4, 0.5) is 4.39 Å². The van der Waals surface area contributed by atoms with Gasteiger partial charge in [0, 0.05) is 12.1 Å². The van der Waals surface area contributed by atoms with Crippen molar-refractivity contribution in [3.63, 3.8) is 0 Å². The first-order valence-electron chi connectivity index (χ1n) is 5.76. The van der Waals surface area contributed by atoms with Gasteiger partial charge in [0.2, 0.25) is 0 Å². The fourth-order valence-corrected chi connectivity index (χ4v) is 2.23. The zero-order valence-electron chi connectivity index (χ0n) is 9.67. The number of nitrogens with one attached hydrogen (secondary N) is 2. The quantitative estimate of drug-likeness (QED) is 0.784. The van der Waals surface area contributed by atoms with Crippen LogP contribution in [-0.4, -0.2) is 23.8 Å². The van der Waals surface area contributed by atoms with E-state index in [1.165, 1.54) is 6.07 Å². The van der Waals surface area contributed by atoms with E-state index in [0.717, 1.165) is 25.5 Å². The molecule has 4 nitrogen and oxygen atoms in total. The molecule has 1 aromatic carbocycles. The van der Waals surface area contributed by atoms with Crippen LogP contribution in [-0.2, 0) is 6.54 Å². The Labute approximate surface area is 109 Å². The van der Waals surface area contributed by atoms with Crippen molar-refractivity contribution in [2.45, 2.75) is 25.6 Å². The average Bonchev–Trinajstić information content (AvgIpc) is 2.83.